The minimum atomic E-state index is 0. The number of nitrogens with zero attached hydrogens (tertiary/aromatic N) is 2. The van der Waals surface area contributed by atoms with Crippen LogP contribution in [-0.4, -0.2) is 23.1 Å². The summed E-state index contributed by atoms with van der Waals surface area (Å²) >= 11 is 6.38. The number of pyridine rings is 2. The van der Waals surface area contributed by atoms with Gasteiger partial charge in [0.1, 0.15) is 0 Å². The van der Waals surface area contributed by atoms with Crippen molar-refractivity contribution < 1.29 is 0 Å². The number of halogens is 2. The number of rotatable bonds is 10. The monoisotopic (exact) mass is 614 g/mol. The molecule has 3 aliphatic carbocycles. The van der Waals surface area contributed by atoms with E-state index in [1.165, 1.54) is 102 Å². The van der Waals surface area contributed by atoms with Gasteiger partial charge in [0.05, 0.1) is 11.0 Å². The molecule has 6 heteroatoms. The molecule has 2 bridgehead atoms. The average molecular weight is 616 g/mol. The summed E-state index contributed by atoms with van der Waals surface area (Å²) in [6, 6.07) is 14.9. The molecule has 0 fully saturated rings. The summed E-state index contributed by atoms with van der Waals surface area (Å²) in [5.41, 5.74) is 11.9. The quantitative estimate of drug-likeness (QED) is 0.138. The number of para-hydroxylation sites is 1. The molecule has 0 radical (unpaired) electrons. The molecule has 2 aromatic heterocycles. The molecule has 4 aromatic rings. The number of hydrogen-bond acceptors (Lipinski definition) is 4. The molecule has 43 heavy (non-hydrogen) atoms. The Kier molecular flexibility index (Phi) is 9.45. The minimum absolute atomic E-state index is 0. The van der Waals surface area contributed by atoms with E-state index in [9.17, 15) is 0 Å². The predicted molar refractivity (Wildman–Crippen MR) is 185 cm³/mol. The van der Waals surface area contributed by atoms with Crippen LogP contribution in [0.2, 0.25) is 5.02 Å². The average Bonchev–Trinajstić information content (AvgIpc) is 2.98. The van der Waals surface area contributed by atoms with Crippen LogP contribution in [0, 0.1) is 5.92 Å². The molecule has 0 saturated heterocycles. The van der Waals surface area contributed by atoms with Gasteiger partial charge in [-0.3, -0.25) is 9.97 Å². The molecule has 3 aliphatic rings. The summed E-state index contributed by atoms with van der Waals surface area (Å²) in [5, 5.41) is 11.0. The molecule has 7 rings (SSSR count). The van der Waals surface area contributed by atoms with Crippen molar-refractivity contribution in [2.45, 2.75) is 89.9 Å². The van der Waals surface area contributed by atoms with Gasteiger partial charge in [-0.15, -0.1) is 12.4 Å². The van der Waals surface area contributed by atoms with E-state index in [1.807, 2.05) is 12.1 Å². The number of aryl methyl sites for hydroxylation is 1. The molecule has 0 saturated carbocycles. The van der Waals surface area contributed by atoms with Crippen molar-refractivity contribution >= 4 is 57.2 Å². The highest BCUT2D eigenvalue weighted by atomic mass is 35.5. The van der Waals surface area contributed by atoms with Crippen LogP contribution in [0.25, 0.3) is 21.8 Å². The van der Waals surface area contributed by atoms with Crippen LogP contribution in [0.3, 0.4) is 0 Å². The predicted octanol–water partition coefficient (Wildman–Crippen LogP) is 10.2. The maximum absolute atomic E-state index is 6.38. The van der Waals surface area contributed by atoms with Gasteiger partial charge in [0.15, 0.2) is 0 Å². The second-order valence-corrected chi connectivity index (χ2v) is 13.3. The molecule has 2 heterocycles. The lowest BCUT2D eigenvalue weighted by molar-refractivity contribution is 0.433. The Labute approximate surface area is 267 Å². The van der Waals surface area contributed by atoms with Crippen molar-refractivity contribution in [1.29, 1.82) is 0 Å². The molecule has 226 valence electrons. The van der Waals surface area contributed by atoms with Gasteiger partial charge < -0.3 is 10.6 Å². The third-order valence-electron chi connectivity index (χ3n) is 9.73. The van der Waals surface area contributed by atoms with Crippen LogP contribution in [0.1, 0.15) is 93.1 Å². The number of fused-ring (bicyclic) bond motifs is 7. The van der Waals surface area contributed by atoms with Crippen molar-refractivity contribution in [2.24, 2.45) is 5.92 Å². The minimum Gasteiger partial charge on any atom is -0.384 e. The van der Waals surface area contributed by atoms with Crippen LogP contribution in [0.15, 0.2) is 54.1 Å². The van der Waals surface area contributed by atoms with Gasteiger partial charge in [0.25, 0.3) is 0 Å². The highest BCUT2D eigenvalue weighted by Crippen LogP contribution is 2.47. The SMILES string of the molecule is CC1=CC2Cc3nc4cc(Cl)ccc4c(NCCCCCCCNc4c5c(nc6ccccc46)CCCC5)c3C(C1)C2.Cl. The summed E-state index contributed by atoms with van der Waals surface area (Å²) < 4.78 is 0. The largest absolute Gasteiger partial charge is 0.384 e. The Hall–Kier alpha value is -2.82. The second kappa shape index (κ2) is 13.4. The van der Waals surface area contributed by atoms with Gasteiger partial charge in [0.2, 0.25) is 0 Å². The Morgan fingerprint density at radius 3 is 2.37 bits per heavy atom. The molecule has 4 nitrogen and oxygen atoms in total. The first kappa shape index (κ1) is 30.2. The first-order chi connectivity index (χ1) is 20.6. The zero-order valence-corrected chi connectivity index (χ0v) is 26.9. The van der Waals surface area contributed by atoms with Gasteiger partial charge in [0, 0.05) is 57.2 Å². The Bertz CT molecular complexity index is 1650. The van der Waals surface area contributed by atoms with E-state index in [-0.39, 0.29) is 12.4 Å². The van der Waals surface area contributed by atoms with Gasteiger partial charge in [-0.2, -0.15) is 0 Å². The van der Waals surface area contributed by atoms with Crippen LogP contribution >= 0.6 is 24.0 Å². The van der Waals surface area contributed by atoms with Crippen molar-refractivity contribution in [3.8, 4) is 0 Å². The number of nitrogens with one attached hydrogen (secondary N) is 2. The summed E-state index contributed by atoms with van der Waals surface area (Å²) in [6.45, 7) is 4.34. The molecular formula is C37H44Cl2N4. The van der Waals surface area contributed by atoms with E-state index in [0.29, 0.717) is 11.8 Å². The summed E-state index contributed by atoms with van der Waals surface area (Å²) in [7, 11) is 0. The van der Waals surface area contributed by atoms with Crippen molar-refractivity contribution in [3.05, 3.63) is 81.7 Å². The Balaban J connectivity index is 0.00000329. The molecule has 2 unspecified atom stereocenters. The van der Waals surface area contributed by atoms with Gasteiger partial charge >= 0.3 is 0 Å². The molecular weight excluding hydrogens is 571 g/mol. The van der Waals surface area contributed by atoms with Crippen LogP contribution in [0.5, 0.6) is 0 Å². The molecule has 2 N–H and O–H groups in total. The van der Waals surface area contributed by atoms with Gasteiger partial charge in [-0.05, 0) is 106 Å². The van der Waals surface area contributed by atoms with E-state index in [2.05, 4.69) is 54.0 Å². The lowest BCUT2D eigenvalue weighted by Crippen LogP contribution is -2.24. The smallest absolute Gasteiger partial charge is 0.0741 e. The van der Waals surface area contributed by atoms with Crippen molar-refractivity contribution in [3.63, 3.8) is 0 Å². The van der Waals surface area contributed by atoms with E-state index in [0.717, 1.165) is 54.8 Å². The highest BCUT2D eigenvalue weighted by Gasteiger charge is 2.33. The van der Waals surface area contributed by atoms with Crippen LogP contribution in [-0.2, 0) is 19.3 Å². The number of allylic oxidation sites excluding steroid dienone is 2. The third-order valence-corrected chi connectivity index (χ3v) is 9.97. The normalized spacial score (nSPS) is 18.9. The molecule has 0 amide bonds. The number of benzene rings is 2. The first-order valence-electron chi connectivity index (χ1n) is 16.3. The summed E-state index contributed by atoms with van der Waals surface area (Å²) in [4.78, 5) is 10.1. The van der Waals surface area contributed by atoms with Crippen molar-refractivity contribution in [1.82, 2.24) is 9.97 Å². The molecule has 2 atom stereocenters. The number of unbranched alkanes of at least 4 members (excludes halogenated alkanes) is 4. The fraction of sp³-hybridized carbons (Fsp3) is 0.459. The van der Waals surface area contributed by atoms with E-state index in [1.54, 1.807) is 0 Å². The number of aromatic nitrogens is 2. The van der Waals surface area contributed by atoms with Crippen LogP contribution in [0.4, 0.5) is 11.4 Å². The molecule has 0 aliphatic heterocycles. The Morgan fingerprint density at radius 1 is 0.791 bits per heavy atom. The summed E-state index contributed by atoms with van der Waals surface area (Å²) in [6.07, 6.45) is 16.9. The van der Waals surface area contributed by atoms with Gasteiger partial charge in [-0.25, -0.2) is 0 Å². The zero-order chi connectivity index (χ0) is 28.5. The lowest BCUT2D eigenvalue weighted by atomic mass is 9.71. The van der Waals surface area contributed by atoms with E-state index < -0.39 is 0 Å². The standard InChI is InChI=1S/C37H43ClN4.ClH/c1-24-19-25-21-26(20-24)35-34(22-25)42-33-23-27(38)15-16-30(33)37(35)40-18-10-4-2-3-9-17-39-36-28-11-5-7-13-31(28)41-32-14-8-6-12-29(32)36;/h5,7,11,13,15-16,19,23,25-26H,2-4,6,8-10,12,14,17-18,20-22H2,1H3,(H,39,41)(H,40,42);1H. The molecule has 0 spiro atoms. The van der Waals surface area contributed by atoms with E-state index in [4.69, 9.17) is 21.6 Å². The van der Waals surface area contributed by atoms with Gasteiger partial charge in [-0.1, -0.05) is 60.7 Å². The fourth-order valence-electron chi connectivity index (χ4n) is 7.86. The number of anilines is 2. The third kappa shape index (κ3) is 6.37. The number of hydrogen-bond donors (Lipinski definition) is 2. The Morgan fingerprint density at radius 2 is 1.51 bits per heavy atom. The zero-order valence-electron chi connectivity index (χ0n) is 25.4. The molecule has 2 aromatic carbocycles. The highest BCUT2D eigenvalue weighted by molar-refractivity contribution is 6.31. The summed E-state index contributed by atoms with van der Waals surface area (Å²) in [5.74, 6) is 1.21. The van der Waals surface area contributed by atoms with Crippen LogP contribution < -0.4 is 10.6 Å². The first-order valence-corrected chi connectivity index (χ1v) is 16.7. The fourth-order valence-corrected chi connectivity index (χ4v) is 8.02. The maximum atomic E-state index is 6.38. The second-order valence-electron chi connectivity index (χ2n) is 12.9. The lowest BCUT2D eigenvalue weighted by Gasteiger charge is -2.36. The topological polar surface area (TPSA) is 49.8 Å². The maximum Gasteiger partial charge on any atom is 0.0741 e. The van der Waals surface area contributed by atoms with Crippen molar-refractivity contribution in [2.75, 3.05) is 23.7 Å². The van der Waals surface area contributed by atoms with E-state index >= 15 is 0 Å².